The van der Waals surface area contributed by atoms with Crippen molar-refractivity contribution in [3.8, 4) is 11.5 Å². The van der Waals surface area contributed by atoms with Gasteiger partial charge in [-0.25, -0.2) is 0 Å². The van der Waals surface area contributed by atoms with Crippen molar-refractivity contribution in [2.24, 2.45) is 5.92 Å². The summed E-state index contributed by atoms with van der Waals surface area (Å²) in [6, 6.07) is 14.8. The number of carbonyl (C=O) groups is 1. The van der Waals surface area contributed by atoms with Crippen LogP contribution in [0.1, 0.15) is 36.2 Å². The van der Waals surface area contributed by atoms with E-state index in [0.29, 0.717) is 30.4 Å². The van der Waals surface area contributed by atoms with Crippen molar-refractivity contribution in [1.29, 1.82) is 0 Å². The van der Waals surface area contributed by atoms with E-state index in [1.807, 2.05) is 30.3 Å². The van der Waals surface area contributed by atoms with E-state index in [-0.39, 0.29) is 11.0 Å². The third-order valence-corrected chi connectivity index (χ3v) is 4.17. The first-order valence-electron chi connectivity index (χ1n) is 8.93. The van der Waals surface area contributed by atoms with Crippen molar-refractivity contribution in [3.63, 3.8) is 0 Å². The molecule has 2 aromatic rings. The summed E-state index contributed by atoms with van der Waals surface area (Å²) in [6.45, 7) is 5.35. The lowest BCUT2D eigenvalue weighted by Crippen LogP contribution is -2.39. The molecule has 0 atom stereocenters. The molecular formula is C21H26N2O3S. The van der Waals surface area contributed by atoms with Crippen LogP contribution in [-0.4, -0.2) is 24.7 Å². The minimum absolute atomic E-state index is 0.271. The average molecular weight is 387 g/mol. The van der Waals surface area contributed by atoms with Crippen molar-refractivity contribution >= 4 is 23.2 Å². The zero-order chi connectivity index (χ0) is 19.6. The fourth-order valence-corrected chi connectivity index (χ4v) is 2.49. The van der Waals surface area contributed by atoms with Crippen molar-refractivity contribution in [1.82, 2.24) is 10.6 Å². The Labute approximate surface area is 166 Å². The van der Waals surface area contributed by atoms with Gasteiger partial charge in [0.25, 0.3) is 5.91 Å². The Morgan fingerprint density at radius 1 is 1.11 bits per heavy atom. The summed E-state index contributed by atoms with van der Waals surface area (Å²) < 4.78 is 10.9. The summed E-state index contributed by atoms with van der Waals surface area (Å²) in [5.41, 5.74) is 1.50. The molecule has 6 heteroatoms. The van der Waals surface area contributed by atoms with Crippen molar-refractivity contribution in [2.45, 2.75) is 26.8 Å². The summed E-state index contributed by atoms with van der Waals surface area (Å²) in [4.78, 5) is 12.5. The molecular weight excluding hydrogens is 360 g/mol. The smallest absolute Gasteiger partial charge is 0.261 e. The molecule has 1 amide bonds. The Kier molecular flexibility index (Phi) is 8.07. The molecule has 2 aromatic carbocycles. The van der Waals surface area contributed by atoms with Crippen molar-refractivity contribution < 1.29 is 14.3 Å². The number of nitrogens with one attached hydrogen (secondary N) is 2. The second kappa shape index (κ2) is 10.5. The highest BCUT2D eigenvalue weighted by molar-refractivity contribution is 7.80. The van der Waals surface area contributed by atoms with Crippen LogP contribution < -0.4 is 20.1 Å². The quantitative estimate of drug-likeness (QED) is 0.674. The van der Waals surface area contributed by atoms with Crippen LogP contribution in [0.4, 0.5) is 0 Å². The number of hydrogen-bond acceptors (Lipinski definition) is 4. The number of rotatable bonds is 8. The molecule has 27 heavy (non-hydrogen) atoms. The SMILES string of the molecule is COc1ccc(CNC(=S)NC(=O)c2ccccc2OCCC(C)C)cc1. The summed E-state index contributed by atoms with van der Waals surface area (Å²) in [5, 5.41) is 6.01. The first-order valence-corrected chi connectivity index (χ1v) is 9.34. The molecule has 0 saturated carbocycles. The van der Waals surface area contributed by atoms with Gasteiger partial charge in [0.05, 0.1) is 19.3 Å². The maximum absolute atomic E-state index is 12.5. The van der Waals surface area contributed by atoms with Crippen LogP contribution in [0.15, 0.2) is 48.5 Å². The number of hydrogen-bond donors (Lipinski definition) is 2. The number of methoxy groups -OCH3 is 1. The molecule has 0 fully saturated rings. The van der Waals surface area contributed by atoms with Crippen LogP contribution >= 0.6 is 12.2 Å². The van der Waals surface area contributed by atoms with E-state index in [2.05, 4.69) is 24.5 Å². The third kappa shape index (κ3) is 6.90. The standard InChI is InChI=1S/C21H26N2O3S/c1-15(2)12-13-26-19-7-5-4-6-18(19)20(24)23-21(27)22-14-16-8-10-17(25-3)11-9-16/h4-11,15H,12-14H2,1-3H3,(H2,22,23,24,27). The van der Waals surface area contributed by atoms with Gasteiger partial charge in [-0.1, -0.05) is 38.1 Å². The van der Waals surface area contributed by atoms with Crippen molar-refractivity contribution in [2.75, 3.05) is 13.7 Å². The van der Waals surface area contributed by atoms with E-state index < -0.39 is 0 Å². The summed E-state index contributed by atoms with van der Waals surface area (Å²) in [6.07, 6.45) is 0.928. The van der Waals surface area contributed by atoms with Crippen LogP contribution in [0.5, 0.6) is 11.5 Å². The van der Waals surface area contributed by atoms with Crippen LogP contribution in [0.2, 0.25) is 0 Å². The normalized spacial score (nSPS) is 10.4. The summed E-state index contributed by atoms with van der Waals surface area (Å²) >= 11 is 5.23. The van der Waals surface area contributed by atoms with E-state index >= 15 is 0 Å². The number of benzene rings is 2. The maximum Gasteiger partial charge on any atom is 0.261 e. The van der Waals surface area contributed by atoms with E-state index in [1.165, 1.54) is 0 Å². The van der Waals surface area contributed by atoms with Gasteiger partial charge in [-0.3, -0.25) is 10.1 Å². The first-order chi connectivity index (χ1) is 13.0. The lowest BCUT2D eigenvalue weighted by atomic mass is 10.1. The van der Waals surface area contributed by atoms with Gasteiger partial charge in [0.15, 0.2) is 5.11 Å². The number of ether oxygens (including phenoxy) is 2. The molecule has 0 aliphatic heterocycles. The van der Waals surface area contributed by atoms with Crippen LogP contribution in [-0.2, 0) is 6.54 Å². The average Bonchev–Trinajstić information content (AvgIpc) is 2.67. The number of amides is 1. The largest absolute Gasteiger partial charge is 0.497 e. The van der Waals surface area contributed by atoms with Gasteiger partial charge in [0.1, 0.15) is 11.5 Å². The lowest BCUT2D eigenvalue weighted by molar-refractivity contribution is 0.0972. The Bertz CT molecular complexity index is 760. The predicted octanol–water partition coefficient (Wildman–Crippen LogP) is 3.92. The van der Waals surface area contributed by atoms with Gasteiger partial charge in [-0.15, -0.1) is 0 Å². The van der Waals surface area contributed by atoms with Gasteiger partial charge in [-0.05, 0) is 54.4 Å². The van der Waals surface area contributed by atoms with E-state index in [1.54, 1.807) is 25.3 Å². The number of para-hydroxylation sites is 1. The second-order valence-electron chi connectivity index (χ2n) is 6.51. The molecule has 5 nitrogen and oxygen atoms in total. The van der Waals surface area contributed by atoms with Gasteiger partial charge in [-0.2, -0.15) is 0 Å². The molecule has 0 unspecified atom stereocenters. The molecule has 0 heterocycles. The van der Waals surface area contributed by atoms with E-state index in [4.69, 9.17) is 21.7 Å². The topological polar surface area (TPSA) is 59.6 Å². The Morgan fingerprint density at radius 2 is 1.81 bits per heavy atom. The molecule has 0 aliphatic carbocycles. The molecule has 2 rings (SSSR count). The fraction of sp³-hybridized carbons (Fsp3) is 0.333. The van der Waals surface area contributed by atoms with Crippen LogP contribution in [0.3, 0.4) is 0 Å². The summed E-state index contributed by atoms with van der Waals surface area (Å²) in [7, 11) is 1.63. The van der Waals surface area contributed by atoms with Crippen LogP contribution in [0.25, 0.3) is 0 Å². The lowest BCUT2D eigenvalue weighted by Gasteiger charge is -2.14. The molecule has 0 spiro atoms. The van der Waals surface area contributed by atoms with E-state index in [0.717, 1.165) is 17.7 Å². The molecule has 0 bridgehead atoms. The molecule has 2 N–H and O–H groups in total. The van der Waals surface area contributed by atoms with Crippen molar-refractivity contribution in [3.05, 3.63) is 59.7 Å². The molecule has 0 radical (unpaired) electrons. The Hall–Kier alpha value is -2.60. The fourth-order valence-electron chi connectivity index (χ4n) is 2.33. The molecule has 0 aromatic heterocycles. The zero-order valence-corrected chi connectivity index (χ0v) is 16.8. The van der Waals surface area contributed by atoms with E-state index in [9.17, 15) is 4.79 Å². The second-order valence-corrected chi connectivity index (χ2v) is 6.92. The van der Waals surface area contributed by atoms with Gasteiger partial charge in [0, 0.05) is 6.54 Å². The third-order valence-electron chi connectivity index (χ3n) is 3.92. The van der Waals surface area contributed by atoms with Gasteiger partial charge < -0.3 is 14.8 Å². The highest BCUT2D eigenvalue weighted by Gasteiger charge is 2.13. The number of thiocarbonyl (C=S) groups is 1. The van der Waals surface area contributed by atoms with Gasteiger partial charge >= 0.3 is 0 Å². The maximum atomic E-state index is 12.5. The first kappa shape index (κ1) is 20.7. The molecule has 0 aliphatic rings. The number of carbonyl (C=O) groups excluding carboxylic acids is 1. The zero-order valence-electron chi connectivity index (χ0n) is 16.0. The highest BCUT2D eigenvalue weighted by atomic mass is 32.1. The minimum atomic E-state index is -0.289. The predicted molar refractivity (Wildman–Crippen MR) is 111 cm³/mol. The highest BCUT2D eigenvalue weighted by Crippen LogP contribution is 2.18. The molecule has 144 valence electrons. The monoisotopic (exact) mass is 386 g/mol. The minimum Gasteiger partial charge on any atom is -0.497 e. The van der Waals surface area contributed by atoms with Crippen LogP contribution in [0, 0.1) is 5.92 Å². The van der Waals surface area contributed by atoms with Gasteiger partial charge in [0.2, 0.25) is 0 Å². The molecule has 0 saturated heterocycles. The summed E-state index contributed by atoms with van der Waals surface area (Å²) in [5.74, 6) is 1.61. The Morgan fingerprint density at radius 3 is 2.48 bits per heavy atom. The Balaban J connectivity index is 1.89.